The van der Waals surface area contributed by atoms with Crippen LogP contribution in [0.1, 0.15) is 24.1 Å². The lowest BCUT2D eigenvalue weighted by molar-refractivity contribution is -0.127. The number of halogens is 1. The zero-order chi connectivity index (χ0) is 18.4. The molecule has 3 nitrogen and oxygen atoms in total. The lowest BCUT2D eigenvalue weighted by atomic mass is 9.98. The number of hydrogen-bond acceptors (Lipinski definition) is 2. The monoisotopic (exact) mass is 349 g/mol. The van der Waals surface area contributed by atoms with E-state index in [4.69, 9.17) is 4.74 Å². The van der Waals surface area contributed by atoms with Crippen molar-refractivity contribution in [2.75, 3.05) is 0 Å². The van der Waals surface area contributed by atoms with Crippen LogP contribution in [0.4, 0.5) is 4.39 Å². The fourth-order valence-electron chi connectivity index (χ4n) is 2.68. The van der Waals surface area contributed by atoms with E-state index < -0.39 is 6.10 Å². The van der Waals surface area contributed by atoms with Gasteiger partial charge in [0, 0.05) is 0 Å². The number of carbonyl (C=O) groups is 1. The molecule has 0 spiro atoms. The summed E-state index contributed by atoms with van der Waals surface area (Å²) >= 11 is 0. The van der Waals surface area contributed by atoms with Crippen LogP contribution < -0.4 is 10.1 Å². The maximum Gasteiger partial charge on any atom is 0.261 e. The normalized spacial score (nSPS) is 11.8. The van der Waals surface area contributed by atoms with Crippen LogP contribution in [0.15, 0.2) is 84.9 Å². The molecule has 3 aromatic rings. The number of carbonyl (C=O) groups excluding carboxylic acids is 1. The Morgan fingerprint density at radius 3 is 1.85 bits per heavy atom. The summed E-state index contributed by atoms with van der Waals surface area (Å²) < 4.78 is 18.6. The standard InChI is InChI=1S/C22H20FNO2/c1-16(26-20-14-12-19(23)13-15-20)22(25)24-21(17-8-4-2-5-9-17)18-10-6-3-7-11-18/h2-16,21H,1H3,(H,24,25). The van der Waals surface area contributed by atoms with Gasteiger partial charge in [-0.3, -0.25) is 4.79 Å². The van der Waals surface area contributed by atoms with Crippen molar-refractivity contribution in [3.8, 4) is 5.75 Å². The molecule has 0 saturated heterocycles. The summed E-state index contributed by atoms with van der Waals surface area (Å²) in [4.78, 5) is 12.7. The lowest BCUT2D eigenvalue weighted by Gasteiger charge is -2.22. The number of nitrogens with one attached hydrogen (secondary N) is 1. The van der Waals surface area contributed by atoms with Crippen LogP contribution in [0.2, 0.25) is 0 Å². The van der Waals surface area contributed by atoms with Gasteiger partial charge >= 0.3 is 0 Å². The van der Waals surface area contributed by atoms with Gasteiger partial charge in [-0.15, -0.1) is 0 Å². The zero-order valence-electron chi connectivity index (χ0n) is 14.4. The molecular formula is C22H20FNO2. The topological polar surface area (TPSA) is 38.3 Å². The van der Waals surface area contributed by atoms with Crippen LogP contribution in [0, 0.1) is 5.82 Å². The molecule has 0 aliphatic rings. The summed E-state index contributed by atoms with van der Waals surface area (Å²) in [5, 5.41) is 3.04. The summed E-state index contributed by atoms with van der Waals surface area (Å²) in [6, 6.07) is 24.9. The first kappa shape index (κ1) is 17.7. The van der Waals surface area contributed by atoms with Gasteiger partial charge in [0.1, 0.15) is 11.6 Å². The largest absolute Gasteiger partial charge is 0.481 e. The third-order valence-electron chi connectivity index (χ3n) is 4.05. The van der Waals surface area contributed by atoms with Crippen LogP contribution in [0.25, 0.3) is 0 Å². The van der Waals surface area contributed by atoms with Crippen LogP contribution in [-0.4, -0.2) is 12.0 Å². The minimum absolute atomic E-state index is 0.243. The Labute approximate surface area is 152 Å². The van der Waals surface area contributed by atoms with Crippen LogP contribution in [-0.2, 0) is 4.79 Å². The highest BCUT2D eigenvalue weighted by molar-refractivity contribution is 5.81. The highest BCUT2D eigenvalue weighted by Crippen LogP contribution is 2.22. The van der Waals surface area contributed by atoms with E-state index in [0.29, 0.717) is 5.75 Å². The Morgan fingerprint density at radius 2 is 1.35 bits per heavy atom. The highest BCUT2D eigenvalue weighted by Gasteiger charge is 2.21. The summed E-state index contributed by atoms with van der Waals surface area (Å²) in [6.45, 7) is 1.67. The van der Waals surface area contributed by atoms with Crippen molar-refractivity contribution in [3.05, 3.63) is 102 Å². The van der Waals surface area contributed by atoms with Crippen molar-refractivity contribution in [2.45, 2.75) is 19.1 Å². The Bertz CT molecular complexity index is 796. The third kappa shape index (κ3) is 4.48. The molecule has 3 rings (SSSR count). The SMILES string of the molecule is CC(Oc1ccc(F)cc1)C(=O)NC(c1ccccc1)c1ccccc1. The van der Waals surface area contributed by atoms with E-state index in [1.165, 1.54) is 24.3 Å². The lowest BCUT2D eigenvalue weighted by Crippen LogP contribution is -2.39. The van der Waals surface area contributed by atoms with Gasteiger partial charge in [-0.05, 0) is 42.3 Å². The summed E-state index contributed by atoms with van der Waals surface area (Å²) in [5.41, 5.74) is 1.97. The molecule has 0 heterocycles. The van der Waals surface area contributed by atoms with Crippen molar-refractivity contribution in [1.29, 1.82) is 0 Å². The maximum atomic E-state index is 13.0. The number of benzene rings is 3. The van der Waals surface area contributed by atoms with Crippen LogP contribution in [0.5, 0.6) is 5.75 Å². The average molecular weight is 349 g/mol. The molecule has 1 N–H and O–H groups in total. The van der Waals surface area contributed by atoms with E-state index in [-0.39, 0.29) is 17.8 Å². The molecule has 0 radical (unpaired) electrons. The molecule has 3 aromatic carbocycles. The van der Waals surface area contributed by atoms with Crippen LogP contribution >= 0.6 is 0 Å². The van der Waals surface area contributed by atoms with Gasteiger partial charge < -0.3 is 10.1 Å². The molecule has 1 atom stereocenters. The fraction of sp³-hybridized carbons (Fsp3) is 0.136. The van der Waals surface area contributed by atoms with Crippen molar-refractivity contribution in [1.82, 2.24) is 5.32 Å². The molecule has 0 fully saturated rings. The quantitative estimate of drug-likeness (QED) is 0.712. The molecule has 0 aliphatic carbocycles. The van der Waals surface area contributed by atoms with Crippen molar-refractivity contribution < 1.29 is 13.9 Å². The predicted octanol–water partition coefficient (Wildman–Crippen LogP) is 4.50. The van der Waals surface area contributed by atoms with E-state index in [1.807, 2.05) is 60.7 Å². The van der Waals surface area contributed by atoms with Gasteiger partial charge in [0.2, 0.25) is 0 Å². The molecule has 0 saturated carbocycles. The van der Waals surface area contributed by atoms with E-state index in [1.54, 1.807) is 6.92 Å². The first-order valence-corrected chi connectivity index (χ1v) is 8.46. The van der Waals surface area contributed by atoms with Gasteiger partial charge in [-0.25, -0.2) is 4.39 Å². The molecule has 1 amide bonds. The second kappa shape index (κ2) is 8.30. The Hall–Kier alpha value is -3.14. The Morgan fingerprint density at radius 1 is 0.846 bits per heavy atom. The van der Waals surface area contributed by atoms with E-state index in [9.17, 15) is 9.18 Å². The van der Waals surface area contributed by atoms with Gasteiger partial charge in [0.25, 0.3) is 5.91 Å². The molecular weight excluding hydrogens is 329 g/mol. The highest BCUT2D eigenvalue weighted by atomic mass is 19.1. The number of amides is 1. The van der Waals surface area contributed by atoms with Crippen molar-refractivity contribution in [2.24, 2.45) is 0 Å². The Balaban J connectivity index is 1.75. The minimum atomic E-state index is -0.713. The smallest absolute Gasteiger partial charge is 0.261 e. The molecule has 26 heavy (non-hydrogen) atoms. The zero-order valence-corrected chi connectivity index (χ0v) is 14.4. The van der Waals surface area contributed by atoms with Crippen molar-refractivity contribution in [3.63, 3.8) is 0 Å². The maximum absolute atomic E-state index is 13.0. The number of rotatable bonds is 6. The molecule has 4 heteroatoms. The summed E-state index contributed by atoms with van der Waals surface area (Å²) in [7, 11) is 0. The second-order valence-electron chi connectivity index (χ2n) is 5.98. The van der Waals surface area contributed by atoms with Crippen molar-refractivity contribution >= 4 is 5.91 Å². The average Bonchev–Trinajstić information content (AvgIpc) is 2.69. The van der Waals surface area contributed by atoms with E-state index in [0.717, 1.165) is 11.1 Å². The van der Waals surface area contributed by atoms with Crippen LogP contribution in [0.3, 0.4) is 0 Å². The third-order valence-corrected chi connectivity index (χ3v) is 4.05. The van der Waals surface area contributed by atoms with Gasteiger partial charge in [0.05, 0.1) is 6.04 Å². The molecule has 0 aliphatic heterocycles. The Kier molecular flexibility index (Phi) is 5.64. The number of ether oxygens (including phenoxy) is 1. The second-order valence-corrected chi connectivity index (χ2v) is 5.98. The van der Waals surface area contributed by atoms with Gasteiger partial charge in [-0.1, -0.05) is 60.7 Å². The summed E-state index contributed by atoms with van der Waals surface area (Å²) in [6.07, 6.45) is -0.713. The van der Waals surface area contributed by atoms with Gasteiger partial charge in [0.15, 0.2) is 6.10 Å². The molecule has 0 aromatic heterocycles. The minimum Gasteiger partial charge on any atom is -0.481 e. The number of hydrogen-bond donors (Lipinski definition) is 1. The molecule has 0 bridgehead atoms. The van der Waals surface area contributed by atoms with E-state index in [2.05, 4.69) is 5.32 Å². The first-order valence-electron chi connectivity index (χ1n) is 8.46. The molecule has 132 valence electrons. The summed E-state index contributed by atoms with van der Waals surface area (Å²) in [5.74, 6) is -0.139. The molecule has 1 unspecified atom stereocenters. The fourth-order valence-corrected chi connectivity index (χ4v) is 2.68. The van der Waals surface area contributed by atoms with Gasteiger partial charge in [-0.2, -0.15) is 0 Å². The first-order chi connectivity index (χ1) is 12.6. The van der Waals surface area contributed by atoms with E-state index >= 15 is 0 Å². The predicted molar refractivity (Wildman–Crippen MR) is 99.4 cm³/mol.